The quantitative estimate of drug-likeness (QED) is 0.154. The van der Waals surface area contributed by atoms with Gasteiger partial charge in [-0.2, -0.15) is 0 Å². The minimum absolute atomic E-state index is 0.0105. The summed E-state index contributed by atoms with van der Waals surface area (Å²) in [6.45, 7) is 12.0. The molecule has 0 fully saturated rings. The Morgan fingerprint density at radius 3 is 1.24 bits per heavy atom. The predicted octanol–water partition coefficient (Wildman–Crippen LogP) is 7.61. The average Bonchev–Trinajstić information content (AvgIpc) is 2.95. The van der Waals surface area contributed by atoms with Gasteiger partial charge >= 0.3 is 17.9 Å². The molecule has 0 spiro atoms. The van der Waals surface area contributed by atoms with Crippen LogP contribution in [0.25, 0.3) is 0 Å². The van der Waals surface area contributed by atoms with E-state index in [2.05, 4.69) is 0 Å². The van der Waals surface area contributed by atoms with Crippen LogP contribution in [0.3, 0.4) is 0 Å². The van der Waals surface area contributed by atoms with Crippen molar-refractivity contribution in [1.29, 1.82) is 0 Å². The molecular weight excluding hydrogens is 528 g/mol. The smallest absolute Gasteiger partial charge is 0.339 e. The maximum absolute atomic E-state index is 13.3. The van der Waals surface area contributed by atoms with Crippen molar-refractivity contribution >= 4 is 17.9 Å². The summed E-state index contributed by atoms with van der Waals surface area (Å²) >= 11 is 0. The minimum Gasteiger partial charge on any atom is -0.457 e. The number of hydrogen-bond donors (Lipinski definition) is 0. The molecule has 6 nitrogen and oxygen atoms in total. The number of ether oxygens (including phenoxy) is 3. The molecule has 0 aliphatic heterocycles. The van der Waals surface area contributed by atoms with Gasteiger partial charge < -0.3 is 14.2 Å². The van der Waals surface area contributed by atoms with Crippen molar-refractivity contribution in [1.82, 2.24) is 0 Å². The summed E-state index contributed by atoms with van der Waals surface area (Å²) in [6, 6.07) is 21.8. The van der Waals surface area contributed by atoms with Gasteiger partial charge in [-0.15, -0.1) is 0 Å². The van der Waals surface area contributed by atoms with Crippen LogP contribution >= 0.6 is 0 Å². The molecule has 0 N–H and O–H groups in total. The van der Waals surface area contributed by atoms with Crippen LogP contribution in [-0.4, -0.2) is 17.9 Å². The molecule has 0 heterocycles. The van der Waals surface area contributed by atoms with E-state index in [1.165, 1.54) is 18.2 Å². The summed E-state index contributed by atoms with van der Waals surface area (Å²) in [5.74, 6) is -2.05. The second-order valence-corrected chi connectivity index (χ2v) is 10.8. The fraction of sp³-hybridized carbons (Fsp3) is 0.250. The Bertz CT molecular complexity index is 1650. The van der Waals surface area contributed by atoms with Crippen molar-refractivity contribution in [3.8, 4) is 0 Å². The topological polar surface area (TPSA) is 78.9 Å². The molecule has 4 aromatic carbocycles. The molecule has 4 aromatic rings. The molecule has 0 radical (unpaired) electrons. The van der Waals surface area contributed by atoms with Crippen molar-refractivity contribution in [3.05, 3.63) is 140 Å². The van der Waals surface area contributed by atoms with Crippen LogP contribution in [0.4, 0.5) is 0 Å². The van der Waals surface area contributed by atoms with Crippen LogP contribution < -0.4 is 0 Å². The van der Waals surface area contributed by atoms with Gasteiger partial charge in [0.15, 0.2) is 0 Å². The maximum atomic E-state index is 13.3. The number of carbonyl (C=O) groups excluding carboxylic acids is 3. The Morgan fingerprint density at radius 1 is 0.452 bits per heavy atom. The number of hydrogen-bond acceptors (Lipinski definition) is 6. The van der Waals surface area contributed by atoms with Crippen molar-refractivity contribution in [2.75, 3.05) is 0 Å². The predicted molar refractivity (Wildman–Crippen MR) is 162 cm³/mol. The normalized spacial score (nSPS) is 10.7. The van der Waals surface area contributed by atoms with E-state index in [9.17, 15) is 14.4 Å². The lowest BCUT2D eigenvalue weighted by Gasteiger charge is -2.14. The Balaban J connectivity index is 1.56. The maximum Gasteiger partial charge on any atom is 0.339 e. The highest BCUT2D eigenvalue weighted by Crippen LogP contribution is 2.21. The molecule has 6 heteroatoms. The molecule has 0 bridgehead atoms. The Morgan fingerprint density at radius 2 is 0.833 bits per heavy atom. The van der Waals surface area contributed by atoms with Gasteiger partial charge in [-0.1, -0.05) is 71.3 Å². The molecule has 4 rings (SSSR count). The molecule has 0 aromatic heterocycles. The van der Waals surface area contributed by atoms with E-state index in [0.29, 0.717) is 0 Å². The monoisotopic (exact) mass is 564 g/mol. The van der Waals surface area contributed by atoms with Crippen LogP contribution in [0.5, 0.6) is 0 Å². The highest BCUT2D eigenvalue weighted by atomic mass is 16.5. The number of rotatable bonds is 9. The highest BCUT2D eigenvalue weighted by Gasteiger charge is 2.23. The van der Waals surface area contributed by atoms with Crippen LogP contribution in [0.15, 0.2) is 72.8 Å². The zero-order valence-electron chi connectivity index (χ0n) is 25.0. The molecule has 0 aliphatic carbocycles. The highest BCUT2D eigenvalue weighted by molar-refractivity contribution is 6.05. The van der Waals surface area contributed by atoms with Gasteiger partial charge in [0.05, 0.1) is 16.7 Å². The van der Waals surface area contributed by atoms with E-state index in [0.717, 1.165) is 50.1 Å². The summed E-state index contributed by atoms with van der Waals surface area (Å²) in [5.41, 5.74) is 8.99. The number of esters is 3. The summed E-state index contributed by atoms with van der Waals surface area (Å²) in [7, 11) is 0. The van der Waals surface area contributed by atoms with Crippen LogP contribution in [0.1, 0.15) is 81.1 Å². The largest absolute Gasteiger partial charge is 0.457 e. The van der Waals surface area contributed by atoms with Crippen molar-refractivity contribution in [3.63, 3.8) is 0 Å². The SMILES string of the molecule is Cc1ccc(COC(=O)c2ccc(C(=O)OCc3ccc(C)cc3C)c(C(=O)OCc3ccc(C)cc3C)c2)c(C)c1. The first-order valence-corrected chi connectivity index (χ1v) is 13.9. The number of benzene rings is 4. The summed E-state index contributed by atoms with van der Waals surface area (Å²) in [5, 5.41) is 0. The lowest BCUT2D eigenvalue weighted by atomic mass is 10.0. The van der Waals surface area contributed by atoms with E-state index in [-0.39, 0.29) is 36.5 Å². The molecular formula is C36H36O6. The first-order valence-electron chi connectivity index (χ1n) is 13.9. The summed E-state index contributed by atoms with van der Waals surface area (Å²) in [6.07, 6.45) is 0. The van der Waals surface area contributed by atoms with Gasteiger partial charge in [0.2, 0.25) is 0 Å². The van der Waals surface area contributed by atoms with Crippen molar-refractivity contribution in [2.45, 2.75) is 61.4 Å². The van der Waals surface area contributed by atoms with Gasteiger partial charge in [-0.05, 0) is 93.1 Å². The Hall–Kier alpha value is -4.71. The fourth-order valence-electron chi connectivity index (χ4n) is 4.71. The third-order valence-electron chi connectivity index (χ3n) is 7.27. The van der Waals surface area contributed by atoms with E-state index < -0.39 is 17.9 Å². The van der Waals surface area contributed by atoms with E-state index in [1.807, 2.05) is 96.1 Å². The van der Waals surface area contributed by atoms with E-state index in [4.69, 9.17) is 14.2 Å². The lowest BCUT2D eigenvalue weighted by Crippen LogP contribution is -2.16. The third kappa shape index (κ3) is 7.52. The average molecular weight is 565 g/mol. The fourth-order valence-corrected chi connectivity index (χ4v) is 4.71. The summed E-state index contributed by atoms with van der Waals surface area (Å²) < 4.78 is 16.7. The van der Waals surface area contributed by atoms with E-state index in [1.54, 1.807) is 0 Å². The second kappa shape index (κ2) is 13.3. The molecule has 0 unspecified atom stereocenters. The van der Waals surface area contributed by atoms with Crippen molar-refractivity contribution < 1.29 is 28.6 Å². The Kier molecular flexibility index (Phi) is 9.58. The van der Waals surface area contributed by atoms with Crippen molar-refractivity contribution in [2.24, 2.45) is 0 Å². The van der Waals surface area contributed by atoms with E-state index >= 15 is 0 Å². The number of aryl methyl sites for hydroxylation is 6. The first-order chi connectivity index (χ1) is 20.0. The van der Waals surface area contributed by atoms with Gasteiger partial charge in [0, 0.05) is 0 Å². The van der Waals surface area contributed by atoms with Gasteiger partial charge in [0.25, 0.3) is 0 Å². The molecule has 0 saturated carbocycles. The second-order valence-electron chi connectivity index (χ2n) is 10.8. The molecule has 0 atom stereocenters. The third-order valence-corrected chi connectivity index (χ3v) is 7.27. The zero-order valence-corrected chi connectivity index (χ0v) is 25.0. The first kappa shape index (κ1) is 30.3. The standard InChI is InChI=1S/C36H36O6/c1-22-7-10-29(25(4)15-22)19-40-34(37)28-13-14-32(35(38)41-20-30-11-8-23(2)16-26(30)5)33(18-28)36(39)42-21-31-12-9-24(3)17-27(31)6/h7-18H,19-21H2,1-6H3. The zero-order chi connectivity index (χ0) is 30.4. The minimum atomic E-state index is -0.738. The molecule has 0 amide bonds. The molecule has 42 heavy (non-hydrogen) atoms. The van der Waals surface area contributed by atoms with Gasteiger partial charge in [0.1, 0.15) is 19.8 Å². The van der Waals surface area contributed by atoms with Gasteiger partial charge in [-0.25, -0.2) is 14.4 Å². The summed E-state index contributed by atoms with van der Waals surface area (Å²) in [4.78, 5) is 39.5. The van der Waals surface area contributed by atoms with Crippen LogP contribution in [-0.2, 0) is 34.0 Å². The molecule has 0 saturated heterocycles. The number of carbonyl (C=O) groups is 3. The Labute approximate surface area is 247 Å². The van der Waals surface area contributed by atoms with Crippen LogP contribution in [0.2, 0.25) is 0 Å². The van der Waals surface area contributed by atoms with Gasteiger partial charge in [-0.3, -0.25) is 0 Å². The lowest BCUT2D eigenvalue weighted by molar-refractivity contribution is 0.0422. The molecule has 0 aliphatic rings. The molecule has 216 valence electrons. The van der Waals surface area contributed by atoms with Crippen LogP contribution in [0, 0.1) is 41.5 Å².